The van der Waals surface area contributed by atoms with Crippen molar-refractivity contribution >= 4 is 17.2 Å². The molecule has 0 aromatic heterocycles. The molecular weight excluding hydrogens is 255 g/mol. The van der Waals surface area contributed by atoms with Crippen LogP contribution >= 0.6 is 0 Å². The Bertz CT molecular complexity index is 599. The van der Waals surface area contributed by atoms with Gasteiger partial charge in [-0.1, -0.05) is 18.2 Å². The number of nitrogens with two attached hydrogens (primary N) is 1. The Kier molecular flexibility index (Phi) is 4.35. The van der Waals surface area contributed by atoms with Crippen molar-refractivity contribution in [3.05, 3.63) is 59.9 Å². The van der Waals surface area contributed by atoms with Crippen LogP contribution in [0.15, 0.2) is 48.5 Å². The average Bonchev–Trinajstić information content (AvgIpc) is 2.48. The van der Waals surface area contributed by atoms with Crippen molar-refractivity contribution in [3.63, 3.8) is 0 Å². The van der Waals surface area contributed by atoms with E-state index < -0.39 is 5.82 Å². The second kappa shape index (κ2) is 6.19. The second-order valence-corrected chi connectivity index (χ2v) is 4.51. The van der Waals surface area contributed by atoms with Gasteiger partial charge in [-0.2, -0.15) is 0 Å². The summed E-state index contributed by atoms with van der Waals surface area (Å²) in [5, 5.41) is 0. The van der Waals surface area contributed by atoms with Gasteiger partial charge in [0.1, 0.15) is 5.82 Å². The molecule has 3 nitrogen and oxygen atoms in total. The standard InChI is InChI=1S/C16H17FN2O/c1-2-19(13-6-4-3-5-7-13)11-16(20)12-8-9-14(17)15(18)10-12/h3-10H,2,11,18H2,1H3. The van der Waals surface area contributed by atoms with Gasteiger partial charge in [0.05, 0.1) is 12.2 Å². The van der Waals surface area contributed by atoms with Gasteiger partial charge in [0.25, 0.3) is 0 Å². The van der Waals surface area contributed by atoms with Crippen molar-refractivity contribution in [3.8, 4) is 0 Å². The minimum absolute atomic E-state index is 0.00129. The fourth-order valence-electron chi connectivity index (χ4n) is 2.01. The molecule has 0 saturated carbocycles. The minimum Gasteiger partial charge on any atom is -0.396 e. The molecule has 20 heavy (non-hydrogen) atoms. The van der Waals surface area contributed by atoms with Crippen LogP contribution < -0.4 is 10.6 Å². The molecule has 104 valence electrons. The third-order valence-electron chi connectivity index (χ3n) is 3.16. The number of likely N-dealkylation sites (N-methyl/N-ethyl adjacent to an activating group) is 1. The largest absolute Gasteiger partial charge is 0.396 e. The maximum absolute atomic E-state index is 13.1. The van der Waals surface area contributed by atoms with Crippen molar-refractivity contribution in [2.45, 2.75) is 6.92 Å². The fraction of sp³-hybridized carbons (Fsp3) is 0.188. The zero-order valence-corrected chi connectivity index (χ0v) is 11.3. The summed E-state index contributed by atoms with van der Waals surface area (Å²) in [6.45, 7) is 2.94. The molecule has 0 radical (unpaired) electrons. The highest BCUT2D eigenvalue weighted by molar-refractivity contribution is 5.99. The van der Waals surface area contributed by atoms with Gasteiger partial charge in [-0.15, -0.1) is 0 Å². The number of benzene rings is 2. The van der Waals surface area contributed by atoms with Crippen LogP contribution in [0.3, 0.4) is 0 Å². The topological polar surface area (TPSA) is 46.3 Å². The van der Waals surface area contributed by atoms with E-state index in [1.54, 1.807) is 0 Å². The number of carbonyl (C=O) groups excluding carboxylic acids is 1. The fourth-order valence-corrected chi connectivity index (χ4v) is 2.01. The van der Waals surface area contributed by atoms with E-state index in [-0.39, 0.29) is 18.0 Å². The molecule has 0 fully saturated rings. The molecule has 0 aliphatic heterocycles. The van der Waals surface area contributed by atoms with E-state index in [0.29, 0.717) is 12.1 Å². The number of ketones is 1. The number of rotatable bonds is 5. The lowest BCUT2D eigenvalue weighted by Gasteiger charge is -2.22. The van der Waals surface area contributed by atoms with Gasteiger partial charge in [-0.05, 0) is 37.3 Å². The van der Waals surface area contributed by atoms with Crippen LogP contribution in [0.1, 0.15) is 17.3 Å². The predicted octanol–water partition coefficient (Wildman–Crippen LogP) is 3.12. The van der Waals surface area contributed by atoms with Gasteiger partial charge in [0, 0.05) is 17.8 Å². The molecule has 0 saturated heterocycles. The van der Waals surface area contributed by atoms with E-state index in [9.17, 15) is 9.18 Å². The van der Waals surface area contributed by atoms with Gasteiger partial charge in [0.15, 0.2) is 5.78 Å². The third kappa shape index (κ3) is 3.15. The highest BCUT2D eigenvalue weighted by Crippen LogP contribution is 2.16. The number of nitrogen functional groups attached to an aromatic ring is 1. The Labute approximate surface area is 117 Å². The molecule has 0 atom stereocenters. The van der Waals surface area contributed by atoms with Gasteiger partial charge in [-0.3, -0.25) is 4.79 Å². The molecule has 0 amide bonds. The van der Waals surface area contributed by atoms with Crippen molar-refractivity contribution in [1.29, 1.82) is 0 Å². The molecule has 0 aliphatic carbocycles. The monoisotopic (exact) mass is 272 g/mol. The van der Waals surface area contributed by atoms with Crippen molar-refractivity contribution in [2.24, 2.45) is 0 Å². The van der Waals surface area contributed by atoms with E-state index >= 15 is 0 Å². The first-order valence-corrected chi connectivity index (χ1v) is 6.50. The first kappa shape index (κ1) is 14.1. The summed E-state index contributed by atoms with van der Waals surface area (Å²) >= 11 is 0. The van der Waals surface area contributed by atoms with Gasteiger partial charge in [0.2, 0.25) is 0 Å². The number of carbonyl (C=O) groups is 1. The molecule has 0 spiro atoms. The molecule has 0 bridgehead atoms. The first-order valence-electron chi connectivity index (χ1n) is 6.50. The smallest absolute Gasteiger partial charge is 0.182 e. The highest BCUT2D eigenvalue weighted by Gasteiger charge is 2.13. The Balaban J connectivity index is 2.15. The van der Waals surface area contributed by atoms with Crippen LogP contribution in [0.2, 0.25) is 0 Å². The number of Topliss-reactive ketones (excluding diaryl/α,β-unsaturated/α-hetero) is 1. The lowest BCUT2D eigenvalue weighted by Crippen LogP contribution is -2.29. The van der Waals surface area contributed by atoms with Gasteiger partial charge < -0.3 is 10.6 Å². The maximum atomic E-state index is 13.1. The number of halogens is 1. The Morgan fingerprint density at radius 3 is 2.50 bits per heavy atom. The zero-order chi connectivity index (χ0) is 14.5. The molecule has 0 heterocycles. The van der Waals surface area contributed by atoms with Crippen LogP contribution in [0, 0.1) is 5.82 Å². The highest BCUT2D eigenvalue weighted by atomic mass is 19.1. The SMILES string of the molecule is CCN(CC(=O)c1ccc(F)c(N)c1)c1ccccc1. The Morgan fingerprint density at radius 2 is 1.90 bits per heavy atom. The molecule has 0 aliphatic rings. The van der Waals surface area contributed by atoms with Crippen molar-refractivity contribution in [2.75, 3.05) is 23.7 Å². The van der Waals surface area contributed by atoms with Crippen LogP contribution in [0.4, 0.5) is 15.8 Å². The van der Waals surface area contributed by atoms with Crippen LogP contribution in [0.5, 0.6) is 0 Å². The van der Waals surface area contributed by atoms with Gasteiger partial charge in [-0.25, -0.2) is 4.39 Å². The summed E-state index contributed by atoms with van der Waals surface area (Å²) in [6, 6.07) is 13.8. The molecule has 2 aromatic rings. The normalized spacial score (nSPS) is 10.3. The van der Waals surface area contributed by atoms with E-state index in [1.807, 2.05) is 42.2 Å². The third-order valence-corrected chi connectivity index (χ3v) is 3.16. The van der Waals surface area contributed by atoms with E-state index in [1.165, 1.54) is 18.2 Å². The summed E-state index contributed by atoms with van der Waals surface area (Å²) in [4.78, 5) is 14.2. The summed E-state index contributed by atoms with van der Waals surface area (Å²) in [7, 11) is 0. The number of nitrogens with zero attached hydrogens (tertiary/aromatic N) is 1. The van der Waals surface area contributed by atoms with E-state index in [2.05, 4.69) is 0 Å². The molecular formula is C16H17FN2O. The summed E-state index contributed by atoms with van der Waals surface area (Å²) in [5.41, 5.74) is 6.90. The zero-order valence-electron chi connectivity index (χ0n) is 11.3. The number of anilines is 2. The Morgan fingerprint density at radius 1 is 1.20 bits per heavy atom. The number of hydrogen-bond donors (Lipinski definition) is 1. The molecule has 0 unspecified atom stereocenters. The Hall–Kier alpha value is -2.36. The average molecular weight is 272 g/mol. The van der Waals surface area contributed by atoms with Crippen LogP contribution in [-0.4, -0.2) is 18.9 Å². The summed E-state index contributed by atoms with van der Waals surface area (Å²) in [6.07, 6.45) is 0. The van der Waals surface area contributed by atoms with Crippen LogP contribution in [-0.2, 0) is 0 Å². The lowest BCUT2D eigenvalue weighted by molar-refractivity contribution is 0.0999. The minimum atomic E-state index is -0.503. The maximum Gasteiger partial charge on any atom is 0.182 e. The van der Waals surface area contributed by atoms with Crippen LogP contribution in [0.25, 0.3) is 0 Å². The number of para-hydroxylation sites is 1. The molecule has 2 rings (SSSR count). The van der Waals surface area contributed by atoms with Crippen molar-refractivity contribution < 1.29 is 9.18 Å². The van der Waals surface area contributed by atoms with E-state index in [0.717, 1.165) is 5.69 Å². The quantitative estimate of drug-likeness (QED) is 0.672. The molecule has 2 aromatic carbocycles. The predicted molar refractivity (Wildman–Crippen MR) is 79.5 cm³/mol. The second-order valence-electron chi connectivity index (χ2n) is 4.51. The van der Waals surface area contributed by atoms with Gasteiger partial charge >= 0.3 is 0 Å². The molecule has 4 heteroatoms. The van der Waals surface area contributed by atoms with E-state index in [4.69, 9.17) is 5.73 Å². The summed E-state index contributed by atoms with van der Waals surface area (Å²) < 4.78 is 13.1. The molecule has 2 N–H and O–H groups in total. The summed E-state index contributed by atoms with van der Waals surface area (Å²) in [5.74, 6) is -0.584. The van der Waals surface area contributed by atoms with Crippen molar-refractivity contribution in [1.82, 2.24) is 0 Å². The lowest BCUT2D eigenvalue weighted by atomic mass is 10.1. The first-order chi connectivity index (χ1) is 9.61. The number of hydrogen-bond acceptors (Lipinski definition) is 3.